The van der Waals surface area contributed by atoms with Gasteiger partial charge in [-0.2, -0.15) is 0 Å². The molecule has 0 unspecified atom stereocenters. The van der Waals surface area contributed by atoms with Crippen LogP contribution in [0.15, 0.2) is 24.3 Å². The van der Waals surface area contributed by atoms with Crippen LogP contribution in [-0.2, 0) is 19.5 Å². The number of rotatable bonds is 7. The van der Waals surface area contributed by atoms with Gasteiger partial charge in [-0.05, 0) is 51.1 Å². The van der Waals surface area contributed by atoms with Gasteiger partial charge in [-0.3, -0.25) is 9.59 Å². The molecule has 3 rings (SSSR count). The van der Waals surface area contributed by atoms with Gasteiger partial charge in [0.05, 0.1) is 5.69 Å². The highest BCUT2D eigenvalue weighted by molar-refractivity contribution is 5.97. The summed E-state index contributed by atoms with van der Waals surface area (Å²) < 4.78 is 14.9. The number of fused-ring (bicyclic) bond motifs is 1. The van der Waals surface area contributed by atoms with Crippen molar-refractivity contribution in [3.63, 3.8) is 0 Å². The molecule has 7 nitrogen and oxygen atoms in total. The van der Waals surface area contributed by atoms with E-state index >= 15 is 0 Å². The summed E-state index contributed by atoms with van der Waals surface area (Å²) in [5.41, 5.74) is 1.91. The Hall–Kier alpha value is -2.74. The van der Waals surface area contributed by atoms with Gasteiger partial charge in [-0.15, -0.1) is 0 Å². The van der Waals surface area contributed by atoms with Crippen LogP contribution in [0.3, 0.4) is 0 Å². The third kappa shape index (κ3) is 4.75. The van der Waals surface area contributed by atoms with E-state index < -0.39 is 0 Å². The van der Waals surface area contributed by atoms with Crippen molar-refractivity contribution in [3.05, 3.63) is 52.9 Å². The predicted octanol–water partition coefficient (Wildman–Crippen LogP) is 1.58. The Morgan fingerprint density at radius 3 is 2.61 bits per heavy atom. The van der Waals surface area contributed by atoms with Gasteiger partial charge in [-0.1, -0.05) is 12.1 Å². The third-order valence-corrected chi connectivity index (χ3v) is 4.75. The zero-order chi connectivity index (χ0) is 20.1. The molecule has 0 fully saturated rings. The SMILES string of the molecule is CN(C)CCNC(=O)c1nc(C(=O)NCc2ccc(F)cc2)c2n1CCCC2. The maximum atomic E-state index is 13.0. The molecule has 0 aliphatic carbocycles. The Morgan fingerprint density at radius 1 is 1.14 bits per heavy atom. The van der Waals surface area contributed by atoms with Crippen LogP contribution in [0.25, 0.3) is 0 Å². The number of likely N-dealkylation sites (N-methyl/N-ethyl adjacent to an activating group) is 1. The molecule has 0 atom stereocenters. The van der Waals surface area contributed by atoms with Crippen molar-refractivity contribution in [2.75, 3.05) is 27.2 Å². The molecule has 28 heavy (non-hydrogen) atoms. The molecule has 2 N–H and O–H groups in total. The molecule has 150 valence electrons. The Labute approximate surface area is 163 Å². The first kappa shape index (κ1) is 20.0. The van der Waals surface area contributed by atoms with Gasteiger partial charge in [0.1, 0.15) is 11.5 Å². The molecule has 0 saturated carbocycles. The Bertz CT molecular complexity index is 845. The summed E-state index contributed by atoms with van der Waals surface area (Å²) in [6, 6.07) is 5.97. The lowest BCUT2D eigenvalue weighted by Crippen LogP contribution is -2.33. The van der Waals surface area contributed by atoms with Crippen LogP contribution in [0.4, 0.5) is 4.39 Å². The normalized spacial score (nSPS) is 13.3. The van der Waals surface area contributed by atoms with Gasteiger partial charge in [0.2, 0.25) is 0 Å². The van der Waals surface area contributed by atoms with Crippen molar-refractivity contribution in [1.82, 2.24) is 25.1 Å². The maximum absolute atomic E-state index is 13.0. The number of nitrogens with one attached hydrogen (secondary N) is 2. The zero-order valence-electron chi connectivity index (χ0n) is 16.3. The minimum Gasteiger partial charge on any atom is -0.348 e. The molecule has 0 saturated heterocycles. The topological polar surface area (TPSA) is 79.3 Å². The molecule has 1 aliphatic heterocycles. The van der Waals surface area contributed by atoms with E-state index in [1.165, 1.54) is 12.1 Å². The van der Waals surface area contributed by atoms with Crippen LogP contribution >= 0.6 is 0 Å². The highest BCUT2D eigenvalue weighted by Gasteiger charge is 2.27. The van der Waals surface area contributed by atoms with E-state index in [-0.39, 0.29) is 24.2 Å². The summed E-state index contributed by atoms with van der Waals surface area (Å²) in [6.07, 6.45) is 2.64. The largest absolute Gasteiger partial charge is 0.348 e. The second kappa shape index (κ2) is 8.97. The number of benzene rings is 1. The third-order valence-electron chi connectivity index (χ3n) is 4.75. The predicted molar refractivity (Wildman–Crippen MR) is 104 cm³/mol. The fourth-order valence-electron chi connectivity index (χ4n) is 3.24. The van der Waals surface area contributed by atoms with Crippen molar-refractivity contribution in [1.29, 1.82) is 0 Å². The number of aromatic nitrogens is 2. The van der Waals surface area contributed by atoms with Gasteiger partial charge >= 0.3 is 0 Å². The fourth-order valence-corrected chi connectivity index (χ4v) is 3.24. The Morgan fingerprint density at radius 2 is 1.89 bits per heavy atom. The Balaban J connectivity index is 1.73. The number of carbonyl (C=O) groups excluding carboxylic acids is 2. The van der Waals surface area contributed by atoms with E-state index in [1.807, 2.05) is 23.6 Å². The number of carbonyl (C=O) groups is 2. The molecule has 0 spiro atoms. The monoisotopic (exact) mass is 387 g/mol. The van der Waals surface area contributed by atoms with Gasteiger partial charge < -0.3 is 20.1 Å². The molecule has 8 heteroatoms. The van der Waals surface area contributed by atoms with Gasteiger partial charge in [-0.25, -0.2) is 9.37 Å². The summed E-state index contributed by atoms with van der Waals surface area (Å²) in [6.45, 7) is 2.20. The van der Waals surface area contributed by atoms with Crippen LogP contribution in [0.1, 0.15) is 45.2 Å². The average Bonchev–Trinajstić information content (AvgIpc) is 3.07. The summed E-state index contributed by atoms with van der Waals surface area (Å²) in [4.78, 5) is 31.6. The minimum absolute atomic E-state index is 0.261. The van der Waals surface area contributed by atoms with Crippen LogP contribution in [-0.4, -0.2) is 53.5 Å². The van der Waals surface area contributed by atoms with Crippen molar-refractivity contribution >= 4 is 11.8 Å². The highest BCUT2D eigenvalue weighted by atomic mass is 19.1. The average molecular weight is 387 g/mol. The molecular formula is C20H26FN5O2. The van der Waals surface area contributed by atoms with Crippen molar-refractivity contribution < 1.29 is 14.0 Å². The number of nitrogens with zero attached hydrogens (tertiary/aromatic N) is 3. The van der Waals surface area contributed by atoms with Crippen molar-refractivity contribution in [2.45, 2.75) is 32.4 Å². The molecular weight excluding hydrogens is 361 g/mol. The quantitative estimate of drug-likeness (QED) is 0.756. The number of hydrogen-bond donors (Lipinski definition) is 2. The lowest BCUT2D eigenvalue weighted by molar-refractivity contribution is 0.0935. The van der Waals surface area contributed by atoms with E-state index in [1.54, 1.807) is 12.1 Å². The van der Waals surface area contributed by atoms with E-state index in [2.05, 4.69) is 15.6 Å². The number of amides is 2. The lowest BCUT2D eigenvalue weighted by Gasteiger charge is -2.17. The number of halogens is 1. The molecule has 2 amide bonds. The summed E-state index contributed by atoms with van der Waals surface area (Å²) >= 11 is 0. The Kier molecular flexibility index (Phi) is 6.41. The summed E-state index contributed by atoms with van der Waals surface area (Å²) in [5, 5.41) is 5.68. The zero-order valence-corrected chi connectivity index (χ0v) is 16.3. The lowest BCUT2D eigenvalue weighted by atomic mass is 10.1. The van der Waals surface area contributed by atoms with E-state index in [9.17, 15) is 14.0 Å². The second-order valence-electron chi connectivity index (χ2n) is 7.21. The maximum Gasteiger partial charge on any atom is 0.287 e. The van der Waals surface area contributed by atoms with Gasteiger partial charge in [0.15, 0.2) is 5.82 Å². The molecule has 1 aromatic heterocycles. The van der Waals surface area contributed by atoms with Crippen LogP contribution in [0, 0.1) is 5.82 Å². The molecule has 1 aromatic carbocycles. The van der Waals surface area contributed by atoms with Crippen LogP contribution in [0.5, 0.6) is 0 Å². The van der Waals surface area contributed by atoms with Crippen LogP contribution in [0.2, 0.25) is 0 Å². The van der Waals surface area contributed by atoms with E-state index in [4.69, 9.17) is 0 Å². The van der Waals surface area contributed by atoms with Gasteiger partial charge in [0, 0.05) is 26.2 Å². The number of hydrogen-bond acceptors (Lipinski definition) is 4. The molecule has 1 aliphatic rings. The summed E-state index contributed by atoms with van der Waals surface area (Å²) in [7, 11) is 3.88. The van der Waals surface area contributed by atoms with Gasteiger partial charge in [0.25, 0.3) is 11.8 Å². The van der Waals surface area contributed by atoms with Crippen LogP contribution < -0.4 is 10.6 Å². The molecule has 0 radical (unpaired) electrons. The first-order chi connectivity index (χ1) is 13.5. The smallest absolute Gasteiger partial charge is 0.287 e. The van der Waals surface area contributed by atoms with E-state index in [0.717, 1.165) is 37.1 Å². The van der Waals surface area contributed by atoms with Crippen molar-refractivity contribution in [3.8, 4) is 0 Å². The standard InChI is InChI=1S/C20H26FN5O2/c1-25(2)12-10-22-20(28)18-24-17(16-5-3-4-11-26(16)18)19(27)23-13-14-6-8-15(21)9-7-14/h6-9H,3-5,10-13H2,1-2H3,(H,22,28)(H,23,27). The fraction of sp³-hybridized carbons (Fsp3) is 0.450. The first-order valence-corrected chi connectivity index (χ1v) is 9.50. The molecule has 2 aromatic rings. The second-order valence-corrected chi connectivity index (χ2v) is 7.21. The molecule has 2 heterocycles. The molecule has 0 bridgehead atoms. The summed E-state index contributed by atoms with van der Waals surface area (Å²) in [5.74, 6) is -0.603. The van der Waals surface area contributed by atoms with E-state index in [0.29, 0.717) is 24.6 Å². The number of imidazole rings is 1. The van der Waals surface area contributed by atoms with Crippen molar-refractivity contribution in [2.24, 2.45) is 0 Å². The highest BCUT2D eigenvalue weighted by Crippen LogP contribution is 2.21. The minimum atomic E-state index is -0.317. The first-order valence-electron chi connectivity index (χ1n) is 9.50.